The normalized spacial score (nSPS) is 21.3. The predicted molar refractivity (Wildman–Crippen MR) is 75.4 cm³/mol. The maximum absolute atomic E-state index is 9.90. The lowest BCUT2D eigenvalue weighted by Gasteiger charge is -2.24. The number of hydrogen-bond donors (Lipinski definition) is 11. The number of aliphatic hydroxyl groups excluding tert-OH is 11. The van der Waals surface area contributed by atoms with Crippen LogP contribution in [-0.2, 0) is 4.79 Å². The van der Waals surface area contributed by atoms with Crippen LogP contribution < -0.4 is 0 Å². The molecule has 0 rings (SSSR count). The Morgan fingerprint density at radius 3 is 1.00 bits per heavy atom. The highest BCUT2D eigenvalue weighted by molar-refractivity contribution is 5.56. The van der Waals surface area contributed by atoms with Crippen LogP contribution in [0.5, 0.6) is 0 Å². The van der Waals surface area contributed by atoms with E-state index in [-0.39, 0.29) is 6.29 Å². The fourth-order valence-corrected chi connectivity index (χ4v) is 1.29. The van der Waals surface area contributed by atoms with E-state index in [0.29, 0.717) is 0 Å². The summed E-state index contributed by atoms with van der Waals surface area (Å²) in [5.41, 5.74) is 0. The molecular formula is C12H26O12. The smallest absolute Gasteiger partial charge is 0.151 e. The zero-order valence-electron chi connectivity index (χ0n) is 12.6. The van der Waals surface area contributed by atoms with E-state index in [0.717, 1.165) is 0 Å². The van der Waals surface area contributed by atoms with Crippen molar-refractivity contribution in [2.75, 3.05) is 19.8 Å². The standard InChI is InChI=1S/C6H14O6.C6H12O6/c2*7-1-3(9)5(11)6(12)4(10)2-8/h3-12H,1-2H2;1,3-6,8-12H,2H2/t3-,4-,5-,6-;3-,4+,5+,6-/m10/s1. The second-order valence-corrected chi connectivity index (χ2v) is 4.84. The summed E-state index contributed by atoms with van der Waals surface area (Å²) in [5.74, 6) is 0. The summed E-state index contributed by atoms with van der Waals surface area (Å²) in [6.07, 6.45) is -13.2. The average molecular weight is 362 g/mol. The van der Waals surface area contributed by atoms with Crippen LogP contribution in [0, 0.1) is 0 Å². The molecule has 0 unspecified atom stereocenters. The van der Waals surface area contributed by atoms with Crippen molar-refractivity contribution >= 4 is 6.29 Å². The van der Waals surface area contributed by atoms with Gasteiger partial charge in [-0.3, -0.25) is 0 Å². The second-order valence-electron chi connectivity index (χ2n) is 4.84. The minimum Gasteiger partial charge on any atom is -0.394 e. The van der Waals surface area contributed by atoms with Crippen molar-refractivity contribution in [1.82, 2.24) is 0 Å². The Labute approximate surface area is 137 Å². The van der Waals surface area contributed by atoms with Crippen molar-refractivity contribution in [3.8, 4) is 0 Å². The monoisotopic (exact) mass is 362 g/mol. The van der Waals surface area contributed by atoms with E-state index in [1.54, 1.807) is 0 Å². The van der Waals surface area contributed by atoms with Crippen LogP contribution in [0.25, 0.3) is 0 Å². The Hall–Kier alpha value is -0.770. The Bertz CT molecular complexity index is 302. The van der Waals surface area contributed by atoms with Crippen LogP contribution in [0.15, 0.2) is 0 Å². The molecule has 12 heteroatoms. The first-order valence-corrected chi connectivity index (χ1v) is 6.81. The van der Waals surface area contributed by atoms with Crippen LogP contribution in [0.1, 0.15) is 0 Å². The minimum atomic E-state index is -1.79. The third-order valence-corrected chi connectivity index (χ3v) is 2.93. The molecule has 0 aliphatic rings. The summed E-state index contributed by atoms with van der Waals surface area (Å²) >= 11 is 0. The van der Waals surface area contributed by atoms with Crippen molar-refractivity contribution < 1.29 is 61.0 Å². The molecule has 146 valence electrons. The fraction of sp³-hybridized carbons (Fsp3) is 0.917. The summed E-state index contributed by atoms with van der Waals surface area (Å²) < 4.78 is 0. The molecule has 0 saturated heterocycles. The van der Waals surface area contributed by atoms with Gasteiger partial charge in [0.05, 0.1) is 19.8 Å². The fourth-order valence-electron chi connectivity index (χ4n) is 1.29. The van der Waals surface area contributed by atoms with Crippen LogP contribution in [0.4, 0.5) is 0 Å². The lowest BCUT2D eigenvalue weighted by molar-refractivity contribution is -0.136. The predicted octanol–water partition coefficient (Wildman–Crippen LogP) is -6.96. The topological polar surface area (TPSA) is 240 Å². The lowest BCUT2D eigenvalue weighted by Crippen LogP contribution is -2.46. The van der Waals surface area contributed by atoms with Crippen LogP contribution in [-0.4, -0.2) is 131 Å². The highest BCUT2D eigenvalue weighted by Crippen LogP contribution is 2.04. The molecule has 0 aromatic carbocycles. The molecule has 0 fully saturated rings. The molecule has 0 spiro atoms. The van der Waals surface area contributed by atoms with E-state index in [9.17, 15) is 4.79 Å². The van der Waals surface area contributed by atoms with Crippen molar-refractivity contribution in [2.45, 2.75) is 48.8 Å². The Kier molecular flexibility index (Phi) is 14.3. The Morgan fingerprint density at radius 2 is 0.792 bits per heavy atom. The van der Waals surface area contributed by atoms with Gasteiger partial charge in [-0.25, -0.2) is 0 Å². The van der Waals surface area contributed by atoms with Crippen LogP contribution >= 0.6 is 0 Å². The first-order chi connectivity index (χ1) is 11.1. The molecule has 0 aliphatic heterocycles. The van der Waals surface area contributed by atoms with Gasteiger partial charge >= 0.3 is 0 Å². The maximum atomic E-state index is 9.90. The van der Waals surface area contributed by atoms with Crippen molar-refractivity contribution in [3.63, 3.8) is 0 Å². The van der Waals surface area contributed by atoms with Crippen LogP contribution in [0.3, 0.4) is 0 Å². The van der Waals surface area contributed by atoms with Gasteiger partial charge in [-0.1, -0.05) is 0 Å². The second kappa shape index (κ2) is 13.5. The Balaban J connectivity index is 0. The number of rotatable bonds is 10. The highest BCUT2D eigenvalue weighted by atomic mass is 16.4. The van der Waals surface area contributed by atoms with E-state index < -0.39 is 68.7 Å². The average Bonchev–Trinajstić information content (AvgIpc) is 2.62. The molecule has 0 aromatic rings. The summed E-state index contributed by atoms with van der Waals surface area (Å²) in [4.78, 5) is 9.90. The molecular weight excluding hydrogens is 336 g/mol. The van der Waals surface area contributed by atoms with E-state index >= 15 is 0 Å². The molecule has 0 aromatic heterocycles. The lowest BCUT2D eigenvalue weighted by atomic mass is 10.0. The van der Waals surface area contributed by atoms with Crippen LogP contribution in [0.2, 0.25) is 0 Å². The highest BCUT2D eigenvalue weighted by Gasteiger charge is 2.30. The molecule has 0 amide bonds. The zero-order chi connectivity index (χ0) is 19.4. The first-order valence-electron chi connectivity index (χ1n) is 6.81. The Morgan fingerprint density at radius 1 is 0.542 bits per heavy atom. The van der Waals surface area contributed by atoms with Gasteiger partial charge in [-0.05, 0) is 0 Å². The molecule has 8 atom stereocenters. The minimum absolute atomic E-state index is 0.0258. The molecule has 0 radical (unpaired) electrons. The van der Waals surface area contributed by atoms with E-state index in [1.807, 2.05) is 0 Å². The molecule has 12 nitrogen and oxygen atoms in total. The molecule has 0 saturated carbocycles. The SMILES string of the molecule is O=C[C@H](O)[C@@H](O)[C@@H](O)[C@H](O)CO.OC[C@@H](O)[C@@H](O)[C@H](O)[C@H](O)CO. The van der Waals surface area contributed by atoms with Crippen molar-refractivity contribution in [2.24, 2.45) is 0 Å². The molecule has 11 N–H and O–H groups in total. The summed E-state index contributed by atoms with van der Waals surface area (Å²) in [7, 11) is 0. The van der Waals surface area contributed by atoms with Crippen molar-refractivity contribution in [3.05, 3.63) is 0 Å². The molecule has 0 aliphatic carbocycles. The van der Waals surface area contributed by atoms with E-state index in [4.69, 9.17) is 56.2 Å². The van der Waals surface area contributed by atoms with Gasteiger partial charge in [0.1, 0.15) is 48.8 Å². The number of aliphatic hydroxyl groups is 11. The first kappa shape index (κ1) is 25.5. The third kappa shape index (κ3) is 8.91. The van der Waals surface area contributed by atoms with Gasteiger partial charge in [-0.15, -0.1) is 0 Å². The van der Waals surface area contributed by atoms with Gasteiger partial charge < -0.3 is 61.0 Å². The number of carbonyl (C=O) groups excluding carboxylic acids is 1. The van der Waals surface area contributed by atoms with E-state index in [2.05, 4.69) is 0 Å². The zero-order valence-corrected chi connectivity index (χ0v) is 12.6. The summed E-state index contributed by atoms with van der Waals surface area (Å²) in [5, 5.41) is 95.7. The van der Waals surface area contributed by atoms with Gasteiger partial charge in [0.2, 0.25) is 0 Å². The quantitative estimate of drug-likeness (QED) is 0.162. The summed E-state index contributed by atoms with van der Waals surface area (Å²) in [6, 6.07) is 0. The van der Waals surface area contributed by atoms with Gasteiger partial charge in [0.15, 0.2) is 6.29 Å². The van der Waals surface area contributed by atoms with Crippen molar-refractivity contribution in [1.29, 1.82) is 0 Å². The largest absolute Gasteiger partial charge is 0.394 e. The maximum Gasteiger partial charge on any atom is 0.151 e. The number of aldehydes is 1. The van der Waals surface area contributed by atoms with Gasteiger partial charge in [-0.2, -0.15) is 0 Å². The number of carbonyl (C=O) groups is 1. The van der Waals surface area contributed by atoms with E-state index in [1.165, 1.54) is 0 Å². The van der Waals surface area contributed by atoms with Gasteiger partial charge in [0.25, 0.3) is 0 Å². The molecule has 0 heterocycles. The number of hydrogen-bond acceptors (Lipinski definition) is 12. The van der Waals surface area contributed by atoms with Gasteiger partial charge in [0, 0.05) is 0 Å². The third-order valence-electron chi connectivity index (χ3n) is 2.93. The molecule has 0 bridgehead atoms. The summed E-state index contributed by atoms with van der Waals surface area (Å²) in [6.45, 7) is -2.21. The molecule has 24 heavy (non-hydrogen) atoms.